The number of aromatic nitrogens is 4. The molecule has 9 rings (SSSR count). The van der Waals surface area contributed by atoms with Gasteiger partial charge in [-0.3, -0.25) is 4.98 Å². The van der Waals surface area contributed by atoms with Crippen LogP contribution in [-0.4, -0.2) is 19.9 Å². The first-order valence-electron chi connectivity index (χ1n) is 16.5. The molecule has 0 amide bonds. The Morgan fingerprint density at radius 2 is 0.776 bits per heavy atom. The van der Waals surface area contributed by atoms with Crippen LogP contribution in [0.15, 0.2) is 182 Å². The minimum absolute atomic E-state index is 0.592. The summed E-state index contributed by atoms with van der Waals surface area (Å²) in [6.07, 6.45) is 1.85. The lowest BCUT2D eigenvalue weighted by Crippen LogP contribution is -2.28. The summed E-state index contributed by atoms with van der Waals surface area (Å²) in [4.78, 5) is 19.8. The smallest absolute Gasteiger partial charge is 0.164 e. The molecule has 0 spiro atoms. The van der Waals surface area contributed by atoms with Crippen molar-refractivity contribution >= 4 is 0 Å². The van der Waals surface area contributed by atoms with Crippen LogP contribution < -0.4 is 0 Å². The maximum atomic E-state index is 5.09. The van der Waals surface area contributed by atoms with Crippen molar-refractivity contribution in [2.75, 3.05) is 0 Å². The van der Waals surface area contributed by atoms with E-state index in [1.165, 1.54) is 33.4 Å². The number of nitrogens with zero attached hydrogens (tertiary/aromatic N) is 4. The van der Waals surface area contributed by atoms with E-state index >= 15 is 0 Å². The predicted octanol–water partition coefficient (Wildman–Crippen LogP) is 10.3. The first-order valence-corrected chi connectivity index (χ1v) is 16.5. The fourth-order valence-electron chi connectivity index (χ4n) is 7.26. The van der Waals surface area contributed by atoms with Gasteiger partial charge in [0.2, 0.25) is 0 Å². The average Bonchev–Trinajstić information content (AvgIpc) is 3.49. The molecule has 0 bridgehead atoms. The molecule has 2 aromatic heterocycles. The SMILES string of the molecule is c1ccc(-c2nc(-c3ccccc3)nc(-c3ccc4c(c3)C(c3ccccc3)(c3ccccc3)c3cc(-c5ccccn5)ccc3-4)n2)cc1. The van der Waals surface area contributed by atoms with E-state index in [1.54, 1.807) is 0 Å². The van der Waals surface area contributed by atoms with Gasteiger partial charge in [0.05, 0.1) is 11.1 Å². The molecule has 4 nitrogen and oxygen atoms in total. The summed E-state index contributed by atoms with van der Waals surface area (Å²) in [7, 11) is 0. The first-order chi connectivity index (χ1) is 24.3. The van der Waals surface area contributed by atoms with Gasteiger partial charge in [-0.2, -0.15) is 0 Å². The minimum Gasteiger partial charge on any atom is -0.256 e. The molecule has 49 heavy (non-hydrogen) atoms. The zero-order valence-electron chi connectivity index (χ0n) is 26.6. The van der Waals surface area contributed by atoms with Gasteiger partial charge in [0, 0.05) is 28.5 Å². The highest BCUT2D eigenvalue weighted by Crippen LogP contribution is 2.57. The van der Waals surface area contributed by atoms with E-state index in [0.29, 0.717) is 17.5 Å². The second kappa shape index (κ2) is 11.9. The van der Waals surface area contributed by atoms with Crippen molar-refractivity contribution < 1.29 is 0 Å². The monoisotopic (exact) mass is 626 g/mol. The molecular weight excluding hydrogens is 597 g/mol. The van der Waals surface area contributed by atoms with Crippen LogP contribution in [0.4, 0.5) is 0 Å². The lowest BCUT2D eigenvalue weighted by atomic mass is 9.67. The van der Waals surface area contributed by atoms with E-state index in [2.05, 4.69) is 103 Å². The van der Waals surface area contributed by atoms with Crippen LogP contribution in [0, 0.1) is 0 Å². The van der Waals surface area contributed by atoms with Crippen LogP contribution in [0.2, 0.25) is 0 Å². The average molecular weight is 627 g/mol. The fourth-order valence-corrected chi connectivity index (χ4v) is 7.26. The van der Waals surface area contributed by atoms with Crippen molar-refractivity contribution in [1.29, 1.82) is 0 Å². The molecular formula is C45H30N4. The number of hydrogen-bond acceptors (Lipinski definition) is 4. The second-order valence-electron chi connectivity index (χ2n) is 12.3. The van der Waals surface area contributed by atoms with Gasteiger partial charge in [0.15, 0.2) is 17.5 Å². The first kappa shape index (κ1) is 28.7. The zero-order chi connectivity index (χ0) is 32.6. The molecule has 8 aromatic rings. The van der Waals surface area contributed by atoms with E-state index in [9.17, 15) is 0 Å². The van der Waals surface area contributed by atoms with E-state index < -0.39 is 5.41 Å². The van der Waals surface area contributed by atoms with Crippen molar-refractivity contribution in [2.24, 2.45) is 0 Å². The maximum Gasteiger partial charge on any atom is 0.164 e. The highest BCUT2D eigenvalue weighted by Gasteiger charge is 2.46. The lowest BCUT2D eigenvalue weighted by molar-refractivity contribution is 0.769. The van der Waals surface area contributed by atoms with Crippen molar-refractivity contribution in [3.05, 3.63) is 204 Å². The van der Waals surface area contributed by atoms with Gasteiger partial charge >= 0.3 is 0 Å². The highest BCUT2D eigenvalue weighted by molar-refractivity contribution is 5.89. The Labute approximate surface area is 285 Å². The molecule has 0 saturated heterocycles. The molecule has 0 aliphatic heterocycles. The fraction of sp³-hybridized carbons (Fsp3) is 0.0222. The van der Waals surface area contributed by atoms with Gasteiger partial charge < -0.3 is 0 Å². The highest BCUT2D eigenvalue weighted by atomic mass is 15.0. The van der Waals surface area contributed by atoms with Gasteiger partial charge in [-0.25, -0.2) is 15.0 Å². The Bertz CT molecular complexity index is 2310. The Morgan fingerprint density at radius 3 is 1.27 bits per heavy atom. The summed E-state index contributed by atoms with van der Waals surface area (Å²) in [5, 5.41) is 0. The van der Waals surface area contributed by atoms with E-state index in [1.807, 2.05) is 79.0 Å². The van der Waals surface area contributed by atoms with Crippen molar-refractivity contribution in [2.45, 2.75) is 5.41 Å². The van der Waals surface area contributed by atoms with Crippen molar-refractivity contribution in [1.82, 2.24) is 19.9 Å². The topological polar surface area (TPSA) is 51.6 Å². The largest absolute Gasteiger partial charge is 0.256 e. The molecule has 6 aromatic carbocycles. The van der Waals surface area contributed by atoms with Gasteiger partial charge in [0.25, 0.3) is 0 Å². The normalized spacial score (nSPS) is 12.7. The van der Waals surface area contributed by atoms with Gasteiger partial charge in [-0.05, 0) is 57.6 Å². The van der Waals surface area contributed by atoms with Crippen molar-refractivity contribution in [3.63, 3.8) is 0 Å². The summed E-state index contributed by atoms with van der Waals surface area (Å²) in [6, 6.07) is 61.5. The zero-order valence-corrected chi connectivity index (χ0v) is 26.6. The summed E-state index contributed by atoms with van der Waals surface area (Å²) in [5.74, 6) is 1.92. The molecule has 0 saturated carbocycles. The summed E-state index contributed by atoms with van der Waals surface area (Å²) < 4.78 is 0. The van der Waals surface area contributed by atoms with Crippen molar-refractivity contribution in [3.8, 4) is 56.5 Å². The summed E-state index contributed by atoms with van der Waals surface area (Å²) >= 11 is 0. The Hall–Kier alpha value is -6.52. The molecule has 230 valence electrons. The van der Waals surface area contributed by atoms with Crippen LogP contribution in [0.25, 0.3) is 56.5 Å². The third-order valence-electron chi connectivity index (χ3n) is 9.47. The Morgan fingerprint density at radius 1 is 0.347 bits per heavy atom. The van der Waals surface area contributed by atoms with Crippen LogP contribution in [0.3, 0.4) is 0 Å². The van der Waals surface area contributed by atoms with Crippen LogP contribution in [0.1, 0.15) is 22.3 Å². The molecule has 0 radical (unpaired) electrons. The number of benzene rings is 6. The maximum absolute atomic E-state index is 5.09. The number of rotatable bonds is 6. The lowest BCUT2D eigenvalue weighted by Gasteiger charge is -2.34. The van der Waals surface area contributed by atoms with Crippen LogP contribution in [-0.2, 0) is 5.41 Å². The quantitative estimate of drug-likeness (QED) is 0.184. The molecule has 0 N–H and O–H groups in total. The standard InChI is InChI=1S/C45H30N4/c1-5-15-31(16-6-1)42-47-43(32-17-7-2-8-18-32)49-44(48-42)34-25-27-38-37-26-24-33(41-23-13-14-28-46-41)29-39(37)45(40(38)30-34,35-19-9-3-10-20-35)36-21-11-4-12-22-36/h1-30H. The summed E-state index contributed by atoms with van der Waals surface area (Å²) in [6.45, 7) is 0. The van der Waals surface area contributed by atoms with Gasteiger partial charge in [-0.1, -0.05) is 152 Å². The molecule has 1 aliphatic carbocycles. The van der Waals surface area contributed by atoms with Crippen LogP contribution in [0.5, 0.6) is 0 Å². The number of pyridine rings is 1. The number of fused-ring (bicyclic) bond motifs is 3. The van der Waals surface area contributed by atoms with Crippen LogP contribution >= 0.6 is 0 Å². The molecule has 0 unspecified atom stereocenters. The molecule has 0 atom stereocenters. The van der Waals surface area contributed by atoms with E-state index in [4.69, 9.17) is 19.9 Å². The van der Waals surface area contributed by atoms with E-state index in [-0.39, 0.29) is 0 Å². The second-order valence-corrected chi connectivity index (χ2v) is 12.3. The van der Waals surface area contributed by atoms with E-state index in [0.717, 1.165) is 27.9 Å². The predicted molar refractivity (Wildman–Crippen MR) is 197 cm³/mol. The van der Waals surface area contributed by atoms with Gasteiger partial charge in [0.1, 0.15) is 0 Å². The molecule has 4 heteroatoms. The third-order valence-corrected chi connectivity index (χ3v) is 9.47. The molecule has 1 aliphatic rings. The number of hydrogen-bond donors (Lipinski definition) is 0. The molecule has 0 fully saturated rings. The summed E-state index contributed by atoms with van der Waals surface area (Å²) in [5.41, 5.74) is 11.5. The third kappa shape index (κ3) is 4.85. The van der Waals surface area contributed by atoms with Gasteiger partial charge in [-0.15, -0.1) is 0 Å². The molecule has 2 heterocycles. The Kier molecular flexibility index (Phi) is 6.98. The minimum atomic E-state index is -0.592. The Balaban J connectivity index is 1.32.